The van der Waals surface area contributed by atoms with Crippen molar-refractivity contribution in [2.24, 2.45) is 11.7 Å². The maximum Gasteiger partial charge on any atom is 0.319 e. The molecular formula is C34H58N8O5. The zero-order valence-electron chi connectivity index (χ0n) is 28.6. The standard InChI is InChI=1S/C34H58N8O5/c1-33(2,3)22-13-15-24(16-14-22)40-32(46)36-18-17-26(43)41(4)19-25-27(44)28(45)31(47-25)42-21-38-29-30(35)37-20-39-34(29,42)23-11-9-7-5-6-8-10-12-23/h13-16,23,25,27-31,37-39,44-45H,5-12,17-21,35H2,1-4H3,(H2,36,40,46)/t25-,27-,28-,29?,30?,31-,34?/m1/s1. The lowest BCUT2D eigenvalue weighted by atomic mass is 9.77. The molecule has 1 saturated carbocycles. The van der Waals surface area contributed by atoms with Gasteiger partial charge in [-0.25, -0.2) is 9.69 Å². The number of rotatable bonds is 8. The Morgan fingerprint density at radius 2 is 1.70 bits per heavy atom. The predicted octanol–water partition coefficient (Wildman–Crippen LogP) is 1.51. The summed E-state index contributed by atoms with van der Waals surface area (Å²) in [5.74, 6) is 0.0853. The number of fused-ring (bicyclic) bond motifs is 1. The number of nitrogens with two attached hydrogens (primary N) is 1. The summed E-state index contributed by atoms with van der Waals surface area (Å²) in [5.41, 5.74) is 7.93. The number of amides is 3. The molecule has 3 heterocycles. The molecule has 0 spiro atoms. The quantitative estimate of drug-likeness (QED) is 0.204. The molecule has 3 amide bonds. The van der Waals surface area contributed by atoms with Crippen molar-refractivity contribution in [1.82, 2.24) is 31.1 Å². The fourth-order valence-electron chi connectivity index (χ4n) is 7.92. The number of nitrogens with zero attached hydrogens (tertiary/aromatic N) is 2. The highest BCUT2D eigenvalue weighted by Gasteiger charge is 2.61. The number of aliphatic hydroxyl groups excluding tert-OH is 2. The minimum Gasteiger partial charge on any atom is -0.387 e. The SMILES string of the molecule is CN(C[C@H]1O[C@@H](N2CNC3C(N)NCNC32C2CCCCCCCC2)[C@H](O)[C@@H]1O)C(=O)CCNC(=O)Nc1ccc(C(C)(C)C)cc1. The van der Waals surface area contributed by atoms with Gasteiger partial charge in [0.15, 0.2) is 0 Å². The van der Waals surface area contributed by atoms with Gasteiger partial charge in [-0.1, -0.05) is 71.4 Å². The van der Waals surface area contributed by atoms with Crippen molar-refractivity contribution in [2.75, 3.05) is 38.8 Å². The molecule has 9 N–H and O–H groups in total. The molecule has 13 heteroatoms. The van der Waals surface area contributed by atoms with Crippen LogP contribution in [0.4, 0.5) is 10.5 Å². The summed E-state index contributed by atoms with van der Waals surface area (Å²) in [6.07, 6.45) is 5.27. The van der Waals surface area contributed by atoms with Crippen molar-refractivity contribution < 1.29 is 24.5 Å². The zero-order chi connectivity index (χ0) is 33.8. The Morgan fingerprint density at radius 1 is 1.04 bits per heavy atom. The minimum absolute atomic E-state index is 0.0221. The van der Waals surface area contributed by atoms with Gasteiger partial charge in [-0.2, -0.15) is 0 Å². The Labute approximate surface area is 279 Å². The van der Waals surface area contributed by atoms with Gasteiger partial charge in [-0.15, -0.1) is 0 Å². The predicted molar refractivity (Wildman–Crippen MR) is 181 cm³/mol. The van der Waals surface area contributed by atoms with E-state index >= 15 is 0 Å². The van der Waals surface area contributed by atoms with Crippen LogP contribution in [-0.2, 0) is 14.9 Å². The molecule has 1 aromatic rings. The van der Waals surface area contributed by atoms with Gasteiger partial charge in [-0.05, 0) is 41.9 Å². The number of likely N-dealkylation sites (N-methyl/N-ethyl adjacent to an activating group) is 1. The van der Waals surface area contributed by atoms with Gasteiger partial charge >= 0.3 is 6.03 Å². The van der Waals surface area contributed by atoms with Crippen LogP contribution in [-0.4, -0.2) is 108 Å². The molecular weight excluding hydrogens is 600 g/mol. The maximum atomic E-state index is 13.0. The molecule has 3 aliphatic heterocycles. The van der Waals surface area contributed by atoms with Crippen LogP contribution in [0.25, 0.3) is 0 Å². The van der Waals surface area contributed by atoms with Crippen molar-refractivity contribution in [1.29, 1.82) is 0 Å². The summed E-state index contributed by atoms with van der Waals surface area (Å²) < 4.78 is 6.42. The van der Waals surface area contributed by atoms with Gasteiger partial charge in [0.2, 0.25) is 5.91 Å². The van der Waals surface area contributed by atoms with Crippen LogP contribution >= 0.6 is 0 Å². The molecule has 5 rings (SSSR count). The smallest absolute Gasteiger partial charge is 0.319 e. The highest BCUT2D eigenvalue weighted by Crippen LogP contribution is 2.43. The van der Waals surface area contributed by atoms with E-state index in [0.717, 1.165) is 25.7 Å². The molecule has 1 aliphatic carbocycles. The van der Waals surface area contributed by atoms with Crippen molar-refractivity contribution in [3.05, 3.63) is 29.8 Å². The van der Waals surface area contributed by atoms with E-state index in [1.807, 2.05) is 24.3 Å². The summed E-state index contributed by atoms with van der Waals surface area (Å²) in [5, 5.41) is 38.7. The topological polar surface area (TPSA) is 176 Å². The number of nitrogens with one attached hydrogen (secondary N) is 5. The highest BCUT2D eigenvalue weighted by molar-refractivity contribution is 5.89. The average Bonchev–Trinajstić information content (AvgIpc) is 3.59. The summed E-state index contributed by atoms with van der Waals surface area (Å²) >= 11 is 0. The molecule has 4 aliphatic rings. The van der Waals surface area contributed by atoms with Crippen LogP contribution in [0.15, 0.2) is 24.3 Å². The van der Waals surface area contributed by atoms with E-state index < -0.39 is 30.2 Å². The van der Waals surface area contributed by atoms with Crippen molar-refractivity contribution >= 4 is 17.6 Å². The number of carbonyl (C=O) groups is 2. The fraction of sp³-hybridized carbons (Fsp3) is 0.765. The first-order valence-electron chi connectivity index (χ1n) is 17.6. The maximum absolute atomic E-state index is 13.0. The van der Waals surface area contributed by atoms with Gasteiger partial charge in [0.05, 0.1) is 24.5 Å². The monoisotopic (exact) mass is 658 g/mol. The molecule has 1 aromatic carbocycles. The van der Waals surface area contributed by atoms with Gasteiger partial charge in [0, 0.05) is 38.9 Å². The molecule has 3 saturated heterocycles. The Morgan fingerprint density at radius 3 is 2.36 bits per heavy atom. The Bertz CT molecular complexity index is 1190. The Kier molecular flexibility index (Phi) is 11.8. The summed E-state index contributed by atoms with van der Waals surface area (Å²) in [7, 11) is 1.65. The lowest BCUT2D eigenvalue weighted by Crippen LogP contribution is -2.78. The average molecular weight is 659 g/mol. The molecule has 7 atom stereocenters. The van der Waals surface area contributed by atoms with Crippen molar-refractivity contribution in [2.45, 2.75) is 126 Å². The first-order valence-corrected chi connectivity index (χ1v) is 17.6. The molecule has 0 radical (unpaired) electrons. The Hall–Kier alpha value is -2.36. The number of ether oxygens (including phenoxy) is 1. The molecule has 264 valence electrons. The molecule has 0 bridgehead atoms. The zero-order valence-corrected chi connectivity index (χ0v) is 28.6. The number of carbonyl (C=O) groups excluding carboxylic acids is 2. The lowest BCUT2D eigenvalue weighted by Gasteiger charge is -2.53. The van der Waals surface area contributed by atoms with E-state index in [2.05, 4.69) is 52.3 Å². The third-order valence-electron chi connectivity index (χ3n) is 10.6. The third kappa shape index (κ3) is 8.10. The second-order valence-electron chi connectivity index (χ2n) is 14.9. The molecule has 4 fully saturated rings. The van der Waals surface area contributed by atoms with E-state index in [9.17, 15) is 19.8 Å². The molecule has 3 unspecified atom stereocenters. The summed E-state index contributed by atoms with van der Waals surface area (Å²) in [6, 6.07) is 7.22. The first-order chi connectivity index (χ1) is 22.4. The van der Waals surface area contributed by atoms with Gasteiger partial charge in [-0.3, -0.25) is 20.7 Å². The van der Waals surface area contributed by atoms with E-state index in [0.29, 0.717) is 19.0 Å². The van der Waals surface area contributed by atoms with E-state index in [1.54, 1.807) is 7.05 Å². The first kappa shape index (κ1) is 35.9. The summed E-state index contributed by atoms with van der Waals surface area (Å²) in [6.45, 7) is 7.65. The number of urea groups is 1. The number of hydrogen-bond donors (Lipinski definition) is 8. The fourth-order valence-corrected chi connectivity index (χ4v) is 7.92. The lowest BCUT2D eigenvalue weighted by molar-refractivity contribution is -0.155. The third-order valence-corrected chi connectivity index (χ3v) is 10.6. The second-order valence-corrected chi connectivity index (χ2v) is 14.9. The van der Waals surface area contributed by atoms with E-state index in [-0.39, 0.29) is 55.0 Å². The number of hydrogen-bond acceptors (Lipinski definition) is 10. The van der Waals surface area contributed by atoms with Gasteiger partial charge in [0.25, 0.3) is 0 Å². The summed E-state index contributed by atoms with van der Waals surface area (Å²) in [4.78, 5) is 29.1. The van der Waals surface area contributed by atoms with Crippen LogP contribution in [0.3, 0.4) is 0 Å². The van der Waals surface area contributed by atoms with Crippen LogP contribution in [0.2, 0.25) is 0 Å². The number of anilines is 1. The minimum atomic E-state index is -1.17. The van der Waals surface area contributed by atoms with Crippen molar-refractivity contribution in [3.63, 3.8) is 0 Å². The van der Waals surface area contributed by atoms with Crippen LogP contribution in [0.5, 0.6) is 0 Å². The second kappa shape index (κ2) is 15.5. The number of aliphatic hydroxyl groups is 2. The van der Waals surface area contributed by atoms with Crippen molar-refractivity contribution in [3.8, 4) is 0 Å². The molecule has 0 aromatic heterocycles. The van der Waals surface area contributed by atoms with Gasteiger partial charge in [0.1, 0.15) is 24.5 Å². The van der Waals surface area contributed by atoms with E-state index in [1.165, 1.54) is 36.1 Å². The molecule has 47 heavy (non-hydrogen) atoms. The van der Waals surface area contributed by atoms with Crippen LogP contribution in [0, 0.1) is 5.92 Å². The number of benzene rings is 1. The van der Waals surface area contributed by atoms with E-state index in [4.69, 9.17) is 10.5 Å². The highest BCUT2D eigenvalue weighted by atomic mass is 16.6. The molecule has 13 nitrogen and oxygen atoms in total. The normalized spacial score (nSPS) is 32.6. The van der Waals surface area contributed by atoms with Crippen LogP contribution < -0.4 is 32.3 Å². The largest absolute Gasteiger partial charge is 0.387 e. The van der Waals surface area contributed by atoms with Gasteiger partial charge < -0.3 is 36.2 Å². The Balaban J connectivity index is 1.16. The van der Waals surface area contributed by atoms with Crippen LogP contribution in [0.1, 0.15) is 84.1 Å².